The van der Waals surface area contributed by atoms with Crippen molar-refractivity contribution in [2.45, 2.75) is 4.90 Å². The Kier molecular flexibility index (Phi) is 4.83. The van der Waals surface area contributed by atoms with Crippen LogP contribution in [-0.2, 0) is 16.9 Å². The van der Waals surface area contributed by atoms with E-state index >= 15 is 0 Å². The number of H-pyrrole nitrogens is 1. The van der Waals surface area contributed by atoms with Gasteiger partial charge in [-0.2, -0.15) is 5.21 Å². The zero-order valence-electron chi connectivity index (χ0n) is 19.3. The van der Waals surface area contributed by atoms with Gasteiger partial charge in [0, 0.05) is 47.4 Å². The molecule has 0 unspecified atom stereocenters. The highest BCUT2D eigenvalue weighted by molar-refractivity contribution is 7.90. The molecule has 0 bridgehead atoms. The van der Waals surface area contributed by atoms with E-state index in [4.69, 9.17) is 10.7 Å². The molecule has 36 heavy (non-hydrogen) atoms. The number of nitrogens with zero attached hydrogens (tertiary/aromatic N) is 6. The van der Waals surface area contributed by atoms with Crippen LogP contribution in [0.1, 0.15) is 0 Å². The summed E-state index contributed by atoms with van der Waals surface area (Å²) < 4.78 is 27.3. The summed E-state index contributed by atoms with van der Waals surface area (Å²) >= 11 is 0. The molecule has 10 nitrogen and oxygen atoms in total. The van der Waals surface area contributed by atoms with Gasteiger partial charge in [-0.3, -0.25) is 4.98 Å². The molecule has 3 heterocycles. The van der Waals surface area contributed by atoms with Crippen LogP contribution >= 0.6 is 0 Å². The number of hydrogen-bond acceptors (Lipinski definition) is 8. The third-order valence-corrected chi connectivity index (χ3v) is 7.28. The molecule has 3 N–H and O–H groups in total. The molecule has 0 fully saturated rings. The molecule has 0 aliphatic heterocycles. The topological polar surface area (TPSA) is 145 Å². The molecular weight excluding hydrogens is 476 g/mol. The van der Waals surface area contributed by atoms with E-state index in [1.807, 2.05) is 36.0 Å². The van der Waals surface area contributed by atoms with Crippen LogP contribution in [0.2, 0.25) is 0 Å². The lowest BCUT2D eigenvalue weighted by molar-refractivity contribution is 0.602. The predicted octanol–water partition coefficient (Wildman–Crippen LogP) is 3.62. The maximum Gasteiger partial charge on any atom is 0.204 e. The zero-order valence-corrected chi connectivity index (χ0v) is 20.2. The third kappa shape index (κ3) is 3.66. The number of fused-ring (bicyclic) bond motifs is 2. The smallest absolute Gasteiger partial charge is 0.204 e. The Morgan fingerprint density at radius 1 is 0.972 bits per heavy atom. The molecule has 0 amide bonds. The van der Waals surface area contributed by atoms with Crippen molar-refractivity contribution in [1.82, 2.24) is 35.2 Å². The average Bonchev–Trinajstić information content (AvgIpc) is 3.53. The van der Waals surface area contributed by atoms with Crippen molar-refractivity contribution in [1.29, 1.82) is 0 Å². The van der Waals surface area contributed by atoms with Crippen molar-refractivity contribution < 1.29 is 8.42 Å². The number of sulfone groups is 1. The van der Waals surface area contributed by atoms with E-state index in [9.17, 15) is 8.42 Å². The van der Waals surface area contributed by atoms with Crippen molar-refractivity contribution in [3.8, 4) is 33.8 Å². The zero-order chi connectivity index (χ0) is 25.0. The van der Waals surface area contributed by atoms with Gasteiger partial charge < -0.3 is 10.3 Å². The van der Waals surface area contributed by atoms with Gasteiger partial charge in [0.2, 0.25) is 5.82 Å². The molecule has 178 valence electrons. The van der Waals surface area contributed by atoms with Crippen molar-refractivity contribution in [3.63, 3.8) is 0 Å². The van der Waals surface area contributed by atoms with Gasteiger partial charge in [-0.25, -0.2) is 13.4 Å². The quantitative estimate of drug-likeness (QED) is 0.352. The second kappa shape index (κ2) is 7.95. The number of aromatic nitrogens is 7. The van der Waals surface area contributed by atoms with Crippen LogP contribution in [0.5, 0.6) is 0 Å². The maximum atomic E-state index is 12.6. The molecule has 0 aliphatic rings. The number of aryl methyl sites for hydroxylation is 1. The van der Waals surface area contributed by atoms with Crippen LogP contribution in [-0.4, -0.2) is 49.8 Å². The van der Waals surface area contributed by atoms with E-state index in [-0.39, 0.29) is 4.90 Å². The van der Waals surface area contributed by atoms with E-state index < -0.39 is 9.84 Å². The summed E-state index contributed by atoms with van der Waals surface area (Å²) in [6, 6.07) is 16.7. The number of hydrogen-bond donors (Lipinski definition) is 2. The number of nitrogens with one attached hydrogen (secondary N) is 1. The first kappa shape index (κ1) is 21.9. The van der Waals surface area contributed by atoms with Gasteiger partial charge in [0.15, 0.2) is 9.84 Å². The third-order valence-electron chi connectivity index (χ3n) is 6.13. The molecule has 0 saturated carbocycles. The van der Waals surface area contributed by atoms with Gasteiger partial charge >= 0.3 is 0 Å². The van der Waals surface area contributed by atoms with Crippen LogP contribution in [0.15, 0.2) is 71.9 Å². The highest BCUT2D eigenvalue weighted by Crippen LogP contribution is 2.35. The highest BCUT2D eigenvalue weighted by atomic mass is 32.2. The highest BCUT2D eigenvalue weighted by Gasteiger charge is 2.20. The van der Waals surface area contributed by atoms with E-state index in [0.717, 1.165) is 28.3 Å². The van der Waals surface area contributed by atoms with Crippen molar-refractivity contribution in [3.05, 3.63) is 67.0 Å². The Morgan fingerprint density at radius 2 is 1.81 bits per heavy atom. The number of aromatic amines is 1. The molecule has 6 aromatic rings. The Morgan fingerprint density at radius 3 is 2.58 bits per heavy atom. The number of nitrogen functional groups attached to an aromatic ring is 1. The van der Waals surface area contributed by atoms with E-state index in [1.54, 1.807) is 24.4 Å². The molecule has 0 radical (unpaired) electrons. The normalized spacial score (nSPS) is 11.9. The summed E-state index contributed by atoms with van der Waals surface area (Å²) in [6.45, 7) is 0. The fourth-order valence-electron chi connectivity index (χ4n) is 4.39. The van der Waals surface area contributed by atoms with E-state index in [0.29, 0.717) is 39.4 Å². The van der Waals surface area contributed by atoms with Gasteiger partial charge in [-0.05, 0) is 58.6 Å². The van der Waals surface area contributed by atoms with Gasteiger partial charge in [-0.1, -0.05) is 12.1 Å². The molecule has 3 aromatic heterocycles. The largest absolute Gasteiger partial charge is 0.399 e. The summed E-state index contributed by atoms with van der Waals surface area (Å²) in [7, 11) is -1.58. The lowest BCUT2D eigenvalue weighted by Crippen LogP contribution is -2.02. The van der Waals surface area contributed by atoms with Crippen LogP contribution in [0, 0.1) is 0 Å². The number of tetrazole rings is 1. The minimum atomic E-state index is -3.57. The molecule has 0 saturated heterocycles. The molecule has 0 spiro atoms. The Hall–Kier alpha value is -4.64. The van der Waals surface area contributed by atoms with Crippen molar-refractivity contribution in [2.24, 2.45) is 7.05 Å². The predicted molar refractivity (Wildman–Crippen MR) is 138 cm³/mol. The summed E-state index contributed by atoms with van der Waals surface area (Å²) in [4.78, 5) is 9.62. The van der Waals surface area contributed by atoms with Gasteiger partial charge in [0.1, 0.15) is 0 Å². The summed E-state index contributed by atoms with van der Waals surface area (Å²) in [5, 5.41) is 15.1. The van der Waals surface area contributed by atoms with Gasteiger partial charge in [0.25, 0.3) is 0 Å². The maximum absolute atomic E-state index is 12.6. The Balaban J connectivity index is 1.60. The van der Waals surface area contributed by atoms with Gasteiger partial charge in [-0.15, -0.1) is 10.2 Å². The number of nitrogens with two attached hydrogens (primary N) is 1. The van der Waals surface area contributed by atoms with Crippen molar-refractivity contribution >= 4 is 37.5 Å². The number of anilines is 1. The van der Waals surface area contributed by atoms with Crippen LogP contribution in [0.25, 0.3) is 55.7 Å². The first-order valence-electron chi connectivity index (χ1n) is 11.0. The first-order valence-corrected chi connectivity index (χ1v) is 12.9. The van der Waals surface area contributed by atoms with E-state index in [2.05, 4.69) is 37.7 Å². The summed E-state index contributed by atoms with van der Waals surface area (Å²) in [5.74, 6) is 0.342. The Bertz CT molecular complexity index is 1890. The standard InChI is InChI=1S/C25H20N8O2S/c1-33-8-7-14-3-4-15(10-22(14)33)18-11-17(26)12-20-24(18)28-21(13-27-20)19-9-16(25-29-31-32-30-25)5-6-23(19)36(2,34)35/h3-13H,26H2,1-2H3,(H,29,30,31,32). The fraction of sp³-hybridized carbons (Fsp3) is 0.0800. The molecule has 0 aliphatic carbocycles. The first-order chi connectivity index (χ1) is 17.3. The Labute approximate surface area is 205 Å². The summed E-state index contributed by atoms with van der Waals surface area (Å²) in [6.07, 6.45) is 4.72. The SMILES string of the molecule is Cn1ccc2ccc(-c3cc(N)cc4ncc(-c5cc(-c6nn[nH]n6)ccc5S(C)(=O)=O)nc34)cc21. The van der Waals surface area contributed by atoms with Crippen molar-refractivity contribution in [2.75, 3.05) is 12.0 Å². The lowest BCUT2D eigenvalue weighted by atomic mass is 10.0. The fourth-order valence-corrected chi connectivity index (χ4v) is 5.27. The molecule has 0 atom stereocenters. The molecular formula is C25H20N8O2S. The second-order valence-corrected chi connectivity index (χ2v) is 10.6. The minimum absolute atomic E-state index is 0.130. The van der Waals surface area contributed by atoms with Crippen LogP contribution < -0.4 is 5.73 Å². The van der Waals surface area contributed by atoms with E-state index in [1.165, 1.54) is 6.07 Å². The summed E-state index contributed by atoms with van der Waals surface area (Å²) in [5.41, 5.74) is 12.2. The molecule has 3 aromatic carbocycles. The van der Waals surface area contributed by atoms with Gasteiger partial charge in [0.05, 0.1) is 27.8 Å². The van der Waals surface area contributed by atoms with Crippen LogP contribution in [0.4, 0.5) is 5.69 Å². The molecule has 6 rings (SSSR count). The monoisotopic (exact) mass is 496 g/mol. The van der Waals surface area contributed by atoms with Crippen LogP contribution in [0.3, 0.4) is 0 Å². The molecule has 11 heteroatoms. The number of benzene rings is 3. The second-order valence-electron chi connectivity index (χ2n) is 8.61. The lowest BCUT2D eigenvalue weighted by Gasteiger charge is -2.12. The minimum Gasteiger partial charge on any atom is -0.399 e. The average molecular weight is 497 g/mol. The number of rotatable bonds is 4.